The SMILES string of the molecule is C[C@@H]1CN(c2cc(-c3cc(F)cc(-c4ccc(-n5ccn(C)c5=O)c(Cl)c4)c3O)cc3c2ncn3C)CCN1. The van der Waals surface area contributed by atoms with E-state index in [1.165, 1.54) is 21.3 Å². The largest absolute Gasteiger partial charge is 0.507 e. The maximum absolute atomic E-state index is 15.1. The highest BCUT2D eigenvalue weighted by Gasteiger charge is 2.22. The van der Waals surface area contributed by atoms with E-state index in [1.807, 2.05) is 23.7 Å². The van der Waals surface area contributed by atoms with Crippen molar-refractivity contribution in [2.24, 2.45) is 14.1 Å². The standard InChI is InChI=1S/C29H28ClFN6O2/c1-17-15-36(7-6-32-17)26-12-19(11-25-27(26)33-16-35(25)3)22-14-20(31)13-21(28(22)38)18-4-5-24(23(30)10-18)37-9-8-34(2)29(37)39/h4-5,8-14,16-17,32,38H,6-7,15H2,1-3H3/t17-/m1/s1. The molecule has 0 unspecified atom stereocenters. The molecule has 0 saturated carbocycles. The molecule has 5 aromatic rings. The zero-order valence-electron chi connectivity index (χ0n) is 21.8. The number of phenolic OH excluding ortho intramolecular Hbond substituents is 1. The third kappa shape index (κ3) is 4.37. The number of aromatic nitrogens is 4. The molecular formula is C29H28ClFN6O2. The average Bonchev–Trinajstić information content (AvgIpc) is 3.46. The normalized spacial score (nSPS) is 15.8. The Morgan fingerprint density at radius 3 is 2.49 bits per heavy atom. The molecular weight excluding hydrogens is 519 g/mol. The predicted molar refractivity (Wildman–Crippen MR) is 152 cm³/mol. The van der Waals surface area contributed by atoms with Crippen LogP contribution in [0.1, 0.15) is 6.92 Å². The molecule has 0 aliphatic carbocycles. The van der Waals surface area contributed by atoms with Gasteiger partial charge < -0.3 is 24.5 Å². The number of aromatic hydroxyl groups is 1. The van der Waals surface area contributed by atoms with E-state index in [0.717, 1.165) is 36.4 Å². The second kappa shape index (κ2) is 9.59. The topological polar surface area (TPSA) is 80.2 Å². The Labute approximate surface area is 229 Å². The number of fused-ring (bicyclic) bond motifs is 1. The number of nitrogens with one attached hydrogen (secondary N) is 1. The molecule has 1 saturated heterocycles. The Balaban J connectivity index is 1.48. The van der Waals surface area contributed by atoms with Crippen LogP contribution in [0.25, 0.3) is 39.0 Å². The first-order chi connectivity index (χ1) is 18.7. The third-order valence-corrected chi connectivity index (χ3v) is 7.67. The lowest BCUT2D eigenvalue weighted by Gasteiger charge is -2.34. The Bertz CT molecular complexity index is 1790. The Morgan fingerprint density at radius 2 is 1.79 bits per heavy atom. The van der Waals surface area contributed by atoms with Crippen LogP contribution in [0, 0.1) is 5.82 Å². The van der Waals surface area contributed by atoms with E-state index in [1.54, 1.807) is 44.0 Å². The summed E-state index contributed by atoms with van der Waals surface area (Å²) in [6.07, 6.45) is 5.04. The number of anilines is 1. The molecule has 1 fully saturated rings. The molecule has 1 atom stereocenters. The molecule has 2 N–H and O–H groups in total. The molecule has 6 rings (SSSR count). The second-order valence-electron chi connectivity index (χ2n) is 10.1. The highest BCUT2D eigenvalue weighted by Crippen LogP contribution is 2.42. The van der Waals surface area contributed by atoms with Crippen LogP contribution < -0.4 is 15.9 Å². The van der Waals surface area contributed by atoms with Crippen LogP contribution in [0.2, 0.25) is 5.02 Å². The van der Waals surface area contributed by atoms with Crippen molar-refractivity contribution in [3.63, 3.8) is 0 Å². The molecule has 200 valence electrons. The van der Waals surface area contributed by atoms with Gasteiger partial charge in [0.2, 0.25) is 0 Å². The fourth-order valence-electron chi connectivity index (χ4n) is 5.32. The van der Waals surface area contributed by atoms with Crippen LogP contribution in [0.3, 0.4) is 0 Å². The Hall–Kier alpha value is -4.08. The van der Waals surface area contributed by atoms with Crippen molar-refractivity contribution in [3.8, 4) is 33.7 Å². The van der Waals surface area contributed by atoms with Gasteiger partial charge in [0, 0.05) is 63.3 Å². The number of phenols is 1. The van der Waals surface area contributed by atoms with Gasteiger partial charge in [0.05, 0.1) is 28.2 Å². The molecule has 3 heterocycles. The molecule has 0 radical (unpaired) electrons. The van der Waals surface area contributed by atoms with Crippen molar-refractivity contribution in [2.45, 2.75) is 13.0 Å². The van der Waals surface area contributed by atoms with Crippen LogP contribution in [-0.2, 0) is 14.1 Å². The summed E-state index contributed by atoms with van der Waals surface area (Å²) in [5, 5.41) is 15.2. The smallest absolute Gasteiger partial charge is 0.332 e. The number of piperazine rings is 1. The molecule has 1 aliphatic rings. The maximum Gasteiger partial charge on any atom is 0.332 e. The van der Waals surface area contributed by atoms with Crippen molar-refractivity contribution in [2.75, 3.05) is 24.5 Å². The zero-order chi connectivity index (χ0) is 27.4. The summed E-state index contributed by atoms with van der Waals surface area (Å²) in [6, 6.07) is 11.9. The van der Waals surface area contributed by atoms with Crippen LogP contribution in [-0.4, -0.2) is 49.5 Å². The van der Waals surface area contributed by atoms with Gasteiger partial charge in [-0.15, -0.1) is 0 Å². The summed E-state index contributed by atoms with van der Waals surface area (Å²) in [5.41, 5.74) is 4.86. The van der Waals surface area contributed by atoms with Crippen LogP contribution in [0.4, 0.5) is 10.1 Å². The van der Waals surface area contributed by atoms with Crippen molar-refractivity contribution in [1.82, 2.24) is 24.0 Å². The molecule has 0 amide bonds. The van der Waals surface area contributed by atoms with E-state index >= 15 is 4.39 Å². The van der Waals surface area contributed by atoms with Gasteiger partial charge in [-0.05, 0) is 54.4 Å². The maximum atomic E-state index is 15.1. The van der Waals surface area contributed by atoms with Gasteiger partial charge in [-0.1, -0.05) is 17.7 Å². The molecule has 0 spiro atoms. The lowest BCUT2D eigenvalue weighted by atomic mass is 9.95. The van der Waals surface area contributed by atoms with E-state index in [2.05, 4.69) is 22.1 Å². The predicted octanol–water partition coefficient (Wildman–Crippen LogP) is 4.69. The van der Waals surface area contributed by atoms with Gasteiger partial charge >= 0.3 is 5.69 Å². The van der Waals surface area contributed by atoms with Gasteiger partial charge in [0.15, 0.2) is 0 Å². The average molecular weight is 547 g/mol. The summed E-state index contributed by atoms with van der Waals surface area (Å²) in [7, 11) is 3.58. The molecule has 10 heteroatoms. The number of imidazole rings is 2. The minimum absolute atomic E-state index is 0.0572. The summed E-state index contributed by atoms with van der Waals surface area (Å²) in [4.78, 5) is 19.3. The van der Waals surface area contributed by atoms with Gasteiger partial charge in [-0.3, -0.25) is 4.57 Å². The lowest BCUT2D eigenvalue weighted by molar-refractivity contribution is 0.477. The quantitative estimate of drug-likeness (QED) is 0.342. The fraction of sp³-hybridized carbons (Fsp3) is 0.241. The molecule has 2 aromatic heterocycles. The molecule has 0 bridgehead atoms. The number of aryl methyl sites for hydroxylation is 2. The summed E-state index contributed by atoms with van der Waals surface area (Å²) in [6.45, 7) is 4.61. The lowest BCUT2D eigenvalue weighted by Crippen LogP contribution is -2.49. The summed E-state index contributed by atoms with van der Waals surface area (Å²) in [5.74, 6) is -0.544. The summed E-state index contributed by atoms with van der Waals surface area (Å²) < 4.78 is 19.9. The minimum Gasteiger partial charge on any atom is -0.507 e. The van der Waals surface area contributed by atoms with E-state index in [0.29, 0.717) is 39.0 Å². The number of halogens is 2. The van der Waals surface area contributed by atoms with Crippen LogP contribution in [0.15, 0.2) is 66.0 Å². The number of hydrogen-bond acceptors (Lipinski definition) is 5. The second-order valence-corrected chi connectivity index (χ2v) is 10.5. The molecule has 8 nitrogen and oxygen atoms in total. The van der Waals surface area contributed by atoms with Gasteiger partial charge in [0.1, 0.15) is 17.1 Å². The highest BCUT2D eigenvalue weighted by atomic mass is 35.5. The van der Waals surface area contributed by atoms with Crippen LogP contribution in [0.5, 0.6) is 5.75 Å². The fourth-order valence-corrected chi connectivity index (χ4v) is 5.59. The van der Waals surface area contributed by atoms with E-state index in [4.69, 9.17) is 11.6 Å². The van der Waals surface area contributed by atoms with Crippen molar-refractivity contribution >= 4 is 28.3 Å². The van der Waals surface area contributed by atoms with Gasteiger partial charge in [-0.2, -0.15) is 0 Å². The first kappa shape index (κ1) is 25.2. The first-order valence-electron chi connectivity index (χ1n) is 12.7. The number of benzene rings is 3. The van der Waals surface area contributed by atoms with E-state index in [-0.39, 0.29) is 11.4 Å². The van der Waals surface area contributed by atoms with Crippen LogP contribution >= 0.6 is 11.6 Å². The molecule has 39 heavy (non-hydrogen) atoms. The molecule has 3 aromatic carbocycles. The zero-order valence-corrected chi connectivity index (χ0v) is 22.6. The van der Waals surface area contributed by atoms with Crippen molar-refractivity contribution in [1.29, 1.82) is 0 Å². The first-order valence-corrected chi connectivity index (χ1v) is 13.1. The van der Waals surface area contributed by atoms with E-state index in [9.17, 15) is 9.90 Å². The Kier molecular flexibility index (Phi) is 6.20. The number of nitrogens with zero attached hydrogens (tertiary/aromatic N) is 5. The van der Waals surface area contributed by atoms with Gasteiger partial charge in [0.25, 0.3) is 0 Å². The summed E-state index contributed by atoms with van der Waals surface area (Å²) >= 11 is 6.57. The van der Waals surface area contributed by atoms with Crippen molar-refractivity contribution in [3.05, 3.63) is 82.5 Å². The van der Waals surface area contributed by atoms with Gasteiger partial charge in [-0.25, -0.2) is 14.2 Å². The third-order valence-electron chi connectivity index (χ3n) is 7.37. The molecule has 1 aliphatic heterocycles. The van der Waals surface area contributed by atoms with E-state index < -0.39 is 5.82 Å². The van der Waals surface area contributed by atoms with Crippen molar-refractivity contribution < 1.29 is 9.50 Å². The monoisotopic (exact) mass is 546 g/mol. The number of hydrogen-bond donors (Lipinski definition) is 2. The Morgan fingerprint density at radius 1 is 1.03 bits per heavy atom. The highest BCUT2D eigenvalue weighted by molar-refractivity contribution is 6.32. The number of rotatable bonds is 4. The minimum atomic E-state index is -0.486.